The third-order valence-electron chi connectivity index (χ3n) is 0.997. The first-order valence-electron chi connectivity index (χ1n) is 3.12. The lowest BCUT2D eigenvalue weighted by molar-refractivity contribution is -0.155. The van der Waals surface area contributed by atoms with E-state index in [1.54, 1.807) is 0 Å². The molecule has 0 aliphatic rings. The summed E-state index contributed by atoms with van der Waals surface area (Å²) >= 11 is 0. The maximum atomic E-state index is 11.7. The Bertz CT molecular complexity index is 127. The Morgan fingerprint density at radius 1 is 1.73 bits per heavy atom. The van der Waals surface area contributed by atoms with Crippen LogP contribution in [0, 0.1) is 5.92 Å². The van der Waals surface area contributed by atoms with Gasteiger partial charge in [-0.15, -0.1) is 0 Å². The molecule has 3 nitrogen and oxygen atoms in total. The second kappa shape index (κ2) is 5.01. The lowest BCUT2D eigenvalue weighted by Gasteiger charge is -2.07. The Labute approximate surface area is 63.0 Å². The Hall–Kier alpha value is -0.710. The average molecular weight is 168 g/mol. The molecule has 0 bridgehead atoms. The van der Waals surface area contributed by atoms with E-state index in [9.17, 15) is 13.6 Å². The van der Waals surface area contributed by atoms with Gasteiger partial charge in [0.1, 0.15) is 13.3 Å². The molecule has 11 heavy (non-hydrogen) atoms. The maximum absolute atomic E-state index is 11.7. The monoisotopic (exact) mass is 168 g/mol. The van der Waals surface area contributed by atoms with Gasteiger partial charge in [0.25, 0.3) is 0 Å². The Morgan fingerprint density at radius 3 is 2.64 bits per heavy atom. The molecule has 2 unspecified atom stereocenters. The molecule has 0 fully saturated rings. The summed E-state index contributed by atoms with van der Waals surface area (Å²) in [7, 11) is 0. The highest BCUT2D eigenvalue weighted by Gasteiger charge is 2.14. The van der Waals surface area contributed by atoms with Crippen LogP contribution in [-0.2, 0) is 9.53 Å². The smallest absolute Gasteiger partial charge is 0.311 e. The van der Waals surface area contributed by atoms with Gasteiger partial charge in [-0.25, -0.2) is 4.39 Å². The Balaban J connectivity index is 3.52. The van der Waals surface area contributed by atoms with Gasteiger partial charge in [0.2, 0.25) is 6.36 Å². The molecule has 0 rings (SSSR count). The molecule has 0 aromatic rings. The van der Waals surface area contributed by atoms with E-state index in [1.807, 2.05) is 0 Å². The van der Waals surface area contributed by atoms with Crippen LogP contribution in [0.25, 0.3) is 0 Å². The highest BCUT2D eigenvalue weighted by molar-refractivity contribution is 5.72. The molecule has 0 spiro atoms. The molecule has 0 amide bonds. The van der Waals surface area contributed by atoms with Crippen LogP contribution in [0.3, 0.4) is 0 Å². The number of ether oxygens (including phenoxy) is 1. The van der Waals surface area contributed by atoms with E-state index in [1.165, 1.54) is 6.92 Å². The van der Waals surface area contributed by atoms with Crippen molar-refractivity contribution in [1.82, 2.24) is 0 Å². The molecule has 0 heterocycles. The average Bonchev–Trinajstić information content (AvgIpc) is 1.98. The Morgan fingerprint density at radius 2 is 2.27 bits per heavy atom. The summed E-state index contributed by atoms with van der Waals surface area (Å²) in [6, 6.07) is 0. The lowest BCUT2D eigenvalue weighted by atomic mass is 10.2. The topological polar surface area (TPSA) is 46.5 Å². The van der Waals surface area contributed by atoms with Gasteiger partial charge in [-0.05, 0) is 6.92 Å². The van der Waals surface area contributed by atoms with E-state index >= 15 is 0 Å². The van der Waals surface area contributed by atoms with Gasteiger partial charge in [0.15, 0.2) is 0 Å². The van der Waals surface area contributed by atoms with Gasteiger partial charge in [0, 0.05) is 0 Å². The minimum absolute atomic E-state index is 0.733. The first kappa shape index (κ1) is 10.3. The fourth-order valence-corrected chi connectivity index (χ4v) is 0.356. The number of aliphatic hydroxyl groups is 1. The fraction of sp³-hybridized carbons (Fsp3) is 0.833. The normalized spacial score (nSPS) is 15.6. The molecule has 5 heteroatoms. The van der Waals surface area contributed by atoms with Gasteiger partial charge < -0.3 is 9.84 Å². The van der Waals surface area contributed by atoms with Crippen molar-refractivity contribution in [2.45, 2.75) is 13.3 Å². The van der Waals surface area contributed by atoms with Crippen LogP contribution in [0.5, 0.6) is 0 Å². The molecule has 0 aliphatic carbocycles. The van der Waals surface area contributed by atoms with Crippen molar-refractivity contribution in [3.8, 4) is 0 Å². The fourth-order valence-electron chi connectivity index (χ4n) is 0.356. The number of hydrogen-bond donors (Lipinski definition) is 1. The molecule has 0 radical (unpaired) electrons. The molecular formula is C6H10F2O3. The third kappa shape index (κ3) is 4.66. The van der Waals surface area contributed by atoms with Crippen molar-refractivity contribution >= 4 is 5.97 Å². The van der Waals surface area contributed by atoms with Crippen molar-refractivity contribution in [3.05, 3.63) is 0 Å². The summed E-state index contributed by atoms with van der Waals surface area (Å²) in [5.74, 6) is -1.74. The van der Waals surface area contributed by atoms with Crippen molar-refractivity contribution < 1.29 is 23.4 Å². The zero-order valence-electron chi connectivity index (χ0n) is 6.09. The van der Waals surface area contributed by atoms with Crippen molar-refractivity contribution in [2.75, 3.05) is 13.3 Å². The number of carbonyl (C=O) groups is 1. The number of hydrogen-bond acceptors (Lipinski definition) is 3. The second-order valence-corrected chi connectivity index (χ2v) is 2.12. The zero-order chi connectivity index (χ0) is 8.85. The van der Waals surface area contributed by atoms with Gasteiger partial charge in [-0.2, -0.15) is 0 Å². The molecule has 0 saturated carbocycles. The molecule has 1 N–H and O–H groups in total. The van der Waals surface area contributed by atoms with Gasteiger partial charge in [0.05, 0.1) is 5.92 Å². The molecule has 2 atom stereocenters. The number of halogens is 2. The Kier molecular flexibility index (Phi) is 4.69. The standard InChI is InChI=1S/C6H10F2O3/c1-4(2-7)6(10)11-3-5(8)9/h4-5,9H,2-3H2,1H3. The quantitative estimate of drug-likeness (QED) is 0.619. The summed E-state index contributed by atoms with van der Waals surface area (Å²) in [6.07, 6.45) is -2.19. The van der Waals surface area contributed by atoms with Crippen LogP contribution in [0.4, 0.5) is 8.78 Å². The first-order chi connectivity index (χ1) is 5.07. The SMILES string of the molecule is CC(CF)C(=O)OCC(O)F. The lowest BCUT2D eigenvalue weighted by Crippen LogP contribution is -2.20. The number of esters is 1. The van der Waals surface area contributed by atoms with Crippen LogP contribution in [0.2, 0.25) is 0 Å². The van der Waals surface area contributed by atoms with E-state index in [0.717, 1.165) is 0 Å². The number of alkyl halides is 2. The summed E-state index contributed by atoms with van der Waals surface area (Å²) in [5.41, 5.74) is 0. The molecule has 0 saturated heterocycles. The predicted molar refractivity (Wildman–Crippen MR) is 33.2 cm³/mol. The van der Waals surface area contributed by atoms with E-state index in [0.29, 0.717) is 0 Å². The van der Waals surface area contributed by atoms with Crippen LogP contribution in [-0.4, -0.2) is 30.7 Å². The highest BCUT2D eigenvalue weighted by atomic mass is 19.1. The number of aliphatic hydroxyl groups excluding tert-OH is 1. The van der Waals surface area contributed by atoms with Crippen LogP contribution < -0.4 is 0 Å². The summed E-state index contributed by atoms with van der Waals surface area (Å²) in [5, 5.41) is 8.02. The van der Waals surface area contributed by atoms with Gasteiger partial charge in [-0.1, -0.05) is 0 Å². The van der Waals surface area contributed by atoms with Gasteiger partial charge >= 0.3 is 5.97 Å². The van der Waals surface area contributed by atoms with Crippen LogP contribution in [0.1, 0.15) is 6.92 Å². The van der Waals surface area contributed by atoms with E-state index < -0.39 is 31.5 Å². The number of rotatable bonds is 4. The van der Waals surface area contributed by atoms with Crippen molar-refractivity contribution in [2.24, 2.45) is 5.92 Å². The highest BCUT2D eigenvalue weighted by Crippen LogP contribution is 1.99. The third-order valence-corrected chi connectivity index (χ3v) is 0.997. The molecule has 0 aromatic heterocycles. The van der Waals surface area contributed by atoms with E-state index in [2.05, 4.69) is 4.74 Å². The summed E-state index contributed by atoms with van der Waals surface area (Å²) < 4.78 is 27.5. The van der Waals surface area contributed by atoms with Crippen molar-refractivity contribution in [1.29, 1.82) is 0 Å². The minimum Gasteiger partial charge on any atom is -0.460 e. The summed E-state index contributed by atoms with van der Waals surface area (Å²) in [4.78, 5) is 10.5. The zero-order valence-corrected chi connectivity index (χ0v) is 6.09. The molecular weight excluding hydrogens is 158 g/mol. The molecule has 66 valence electrons. The van der Waals surface area contributed by atoms with Crippen LogP contribution >= 0.6 is 0 Å². The largest absolute Gasteiger partial charge is 0.460 e. The van der Waals surface area contributed by atoms with E-state index in [-0.39, 0.29) is 0 Å². The second-order valence-electron chi connectivity index (χ2n) is 2.12. The van der Waals surface area contributed by atoms with Crippen molar-refractivity contribution in [3.63, 3.8) is 0 Å². The maximum Gasteiger partial charge on any atom is 0.311 e. The van der Waals surface area contributed by atoms with E-state index in [4.69, 9.17) is 5.11 Å². The number of carbonyl (C=O) groups excluding carboxylic acids is 1. The minimum atomic E-state index is -2.19. The molecule has 0 aromatic carbocycles. The molecule has 0 aliphatic heterocycles. The first-order valence-corrected chi connectivity index (χ1v) is 3.12. The van der Waals surface area contributed by atoms with Crippen LogP contribution in [0.15, 0.2) is 0 Å². The predicted octanol–water partition coefficient (Wildman–Crippen LogP) is 0.423. The van der Waals surface area contributed by atoms with Gasteiger partial charge in [-0.3, -0.25) is 9.18 Å². The summed E-state index contributed by atoms with van der Waals surface area (Å²) in [6.45, 7) is -0.267.